The van der Waals surface area contributed by atoms with E-state index in [4.69, 9.17) is 16.3 Å². The Morgan fingerprint density at radius 3 is 2.78 bits per heavy atom. The van der Waals surface area contributed by atoms with Crippen LogP contribution in [0.3, 0.4) is 0 Å². The molecule has 27 heavy (non-hydrogen) atoms. The zero-order valence-corrected chi connectivity index (χ0v) is 16.8. The van der Waals surface area contributed by atoms with Crippen LogP contribution < -0.4 is 10.1 Å². The molecule has 1 N–H and O–H groups in total. The highest BCUT2D eigenvalue weighted by Crippen LogP contribution is 2.28. The summed E-state index contributed by atoms with van der Waals surface area (Å²) in [5.74, 6) is -0.939. The number of halogens is 3. The van der Waals surface area contributed by atoms with E-state index in [0.29, 0.717) is 40.2 Å². The summed E-state index contributed by atoms with van der Waals surface area (Å²) in [5.41, 5.74) is 0.363. The molecule has 0 spiro atoms. The number of nitrogens with zero attached hydrogens (tertiary/aromatic N) is 1. The molecular formula is C19H17BrClFN2O3. The van der Waals surface area contributed by atoms with Gasteiger partial charge < -0.3 is 15.0 Å². The average molecular weight is 456 g/mol. The minimum absolute atomic E-state index is 0.0721. The molecule has 2 aromatic rings. The van der Waals surface area contributed by atoms with Gasteiger partial charge in [-0.1, -0.05) is 27.5 Å². The van der Waals surface area contributed by atoms with Crippen LogP contribution in [-0.4, -0.2) is 36.4 Å². The van der Waals surface area contributed by atoms with Crippen LogP contribution in [0.5, 0.6) is 5.75 Å². The highest BCUT2D eigenvalue weighted by atomic mass is 79.9. The molecule has 3 rings (SSSR count). The SMILES string of the molecule is COc1ccc(Cl)cc1C(=O)N1CCCC1C(=O)Nc1ccc(Br)cc1F. The number of amides is 2. The largest absolute Gasteiger partial charge is 0.496 e. The Kier molecular flexibility index (Phi) is 6.01. The second-order valence-corrected chi connectivity index (χ2v) is 7.47. The fourth-order valence-corrected chi connectivity index (χ4v) is 3.60. The number of methoxy groups -OCH3 is 1. The van der Waals surface area contributed by atoms with E-state index < -0.39 is 17.8 Å². The lowest BCUT2D eigenvalue weighted by atomic mass is 10.1. The summed E-state index contributed by atoms with van der Waals surface area (Å²) in [6.45, 7) is 0.426. The summed E-state index contributed by atoms with van der Waals surface area (Å²) in [6.07, 6.45) is 1.17. The number of rotatable bonds is 4. The van der Waals surface area contributed by atoms with Crippen molar-refractivity contribution in [2.45, 2.75) is 18.9 Å². The Morgan fingerprint density at radius 2 is 2.07 bits per heavy atom. The number of ether oxygens (including phenoxy) is 1. The predicted molar refractivity (Wildman–Crippen MR) is 105 cm³/mol. The minimum atomic E-state index is -0.691. The van der Waals surface area contributed by atoms with Crippen molar-refractivity contribution in [2.75, 3.05) is 19.0 Å². The van der Waals surface area contributed by atoms with Crippen LogP contribution in [-0.2, 0) is 4.79 Å². The average Bonchev–Trinajstić information content (AvgIpc) is 3.13. The number of anilines is 1. The second kappa shape index (κ2) is 8.27. The van der Waals surface area contributed by atoms with Crippen LogP contribution in [0.4, 0.5) is 10.1 Å². The first-order valence-electron chi connectivity index (χ1n) is 8.31. The molecule has 1 heterocycles. The van der Waals surface area contributed by atoms with Gasteiger partial charge in [-0.3, -0.25) is 9.59 Å². The molecule has 5 nitrogen and oxygen atoms in total. The number of likely N-dealkylation sites (tertiary alicyclic amines) is 1. The molecule has 0 saturated carbocycles. The zero-order valence-electron chi connectivity index (χ0n) is 14.5. The number of benzene rings is 2. The molecule has 1 saturated heterocycles. The first-order valence-corrected chi connectivity index (χ1v) is 9.48. The van der Waals surface area contributed by atoms with Crippen molar-refractivity contribution in [3.8, 4) is 5.75 Å². The van der Waals surface area contributed by atoms with E-state index in [2.05, 4.69) is 21.2 Å². The van der Waals surface area contributed by atoms with Gasteiger partial charge in [0, 0.05) is 16.0 Å². The van der Waals surface area contributed by atoms with Gasteiger partial charge in [0.1, 0.15) is 17.6 Å². The Morgan fingerprint density at radius 1 is 1.30 bits per heavy atom. The Balaban J connectivity index is 1.81. The van der Waals surface area contributed by atoms with Crippen LogP contribution in [0.25, 0.3) is 0 Å². The molecular weight excluding hydrogens is 439 g/mol. The van der Waals surface area contributed by atoms with E-state index in [1.807, 2.05) is 0 Å². The lowest BCUT2D eigenvalue weighted by molar-refractivity contribution is -0.119. The van der Waals surface area contributed by atoms with E-state index in [1.165, 1.54) is 30.2 Å². The lowest BCUT2D eigenvalue weighted by Gasteiger charge is -2.25. The van der Waals surface area contributed by atoms with E-state index in [9.17, 15) is 14.0 Å². The maximum absolute atomic E-state index is 14.0. The molecule has 1 unspecified atom stereocenters. The van der Waals surface area contributed by atoms with Crippen molar-refractivity contribution >= 4 is 45.0 Å². The molecule has 0 bridgehead atoms. The topological polar surface area (TPSA) is 58.6 Å². The van der Waals surface area contributed by atoms with Crippen molar-refractivity contribution in [2.24, 2.45) is 0 Å². The normalized spacial score (nSPS) is 16.3. The van der Waals surface area contributed by atoms with E-state index in [1.54, 1.807) is 18.2 Å². The summed E-state index contributed by atoms with van der Waals surface area (Å²) >= 11 is 9.18. The van der Waals surface area contributed by atoms with Crippen molar-refractivity contribution in [3.05, 3.63) is 57.3 Å². The van der Waals surface area contributed by atoms with Crippen LogP contribution in [0, 0.1) is 5.82 Å². The highest BCUT2D eigenvalue weighted by molar-refractivity contribution is 9.10. The Labute approximate surface area is 169 Å². The van der Waals surface area contributed by atoms with Gasteiger partial charge in [-0.15, -0.1) is 0 Å². The fraction of sp³-hybridized carbons (Fsp3) is 0.263. The van der Waals surface area contributed by atoms with Gasteiger partial charge in [-0.05, 0) is 49.2 Å². The number of hydrogen-bond donors (Lipinski definition) is 1. The van der Waals surface area contributed by atoms with Crippen molar-refractivity contribution in [1.29, 1.82) is 0 Å². The van der Waals surface area contributed by atoms with Gasteiger partial charge in [0.2, 0.25) is 5.91 Å². The van der Waals surface area contributed by atoms with Crippen molar-refractivity contribution in [1.82, 2.24) is 4.90 Å². The van der Waals surface area contributed by atoms with Crippen LogP contribution >= 0.6 is 27.5 Å². The standard InChI is InChI=1S/C19H17BrClFN2O3/c1-27-17-7-5-12(21)10-13(17)19(26)24-8-2-3-16(24)18(25)23-15-6-4-11(20)9-14(15)22/h4-7,9-10,16H,2-3,8H2,1H3,(H,23,25). The molecule has 142 valence electrons. The first kappa shape index (κ1) is 19.6. The third-order valence-electron chi connectivity index (χ3n) is 4.40. The summed E-state index contributed by atoms with van der Waals surface area (Å²) in [7, 11) is 1.46. The number of hydrogen-bond acceptors (Lipinski definition) is 3. The number of nitrogens with one attached hydrogen (secondary N) is 1. The molecule has 1 aliphatic rings. The Hall–Kier alpha value is -2.12. The summed E-state index contributed by atoms with van der Waals surface area (Å²) < 4.78 is 19.8. The maximum Gasteiger partial charge on any atom is 0.258 e. The van der Waals surface area contributed by atoms with Gasteiger partial charge in [0.15, 0.2) is 0 Å². The zero-order chi connectivity index (χ0) is 19.6. The molecule has 0 radical (unpaired) electrons. The lowest BCUT2D eigenvalue weighted by Crippen LogP contribution is -2.43. The molecule has 1 fully saturated rings. The maximum atomic E-state index is 14.0. The van der Waals surface area contributed by atoms with Gasteiger partial charge in [0.25, 0.3) is 5.91 Å². The van der Waals surface area contributed by atoms with E-state index in [0.717, 1.165) is 0 Å². The predicted octanol–water partition coefficient (Wildman–Crippen LogP) is 4.49. The summed E-state index contributed by atoms with van der Waals surface area (Å²) in [4.78, 5) is 27.1. The Bertz CT molecular complexity index is 893. The van der Waals surface area contributed by atoms with Crippen molar-refractivity contribution in [3.63, 3.8) is 0 Å². The smallest absolute Gasteiger partial charge is 0.258 e. The van der Waals surface area contributed by atoms with Crippen LogP contribution in [0.15, 0.2) is 40.9 Å². The van der Waals surface area contributed by atoms with Gasteiger partial charge in [0.05, 0.1) is 18.4 Å². The molecule has 0 aromatic heterocycles. The second-order valence-electron chi connectivity index (χ2n) is 6.11. The highest BCUT2D eigenvalue weighted by Gasteiger charge is 2.35. The van der Waals surface area contributed by atoms with Crippen molar-refractivity contribution < 1.29 is 18.7 Å². The third-order valence-corrected chi connectivity index (χ3v) is 5.13. The number of carbonyl (C=O) groups is 2. The van der Waals surface area contributed by atoms with Gasteiger partial charge >= 0.3 is 0 Å². The van der Waals surface area contributed by atoms with E-state index >= 15 is 0 Å². The van der Waals surface area contributed by atoms with Crippen LogP contribution in [0.2, 0.25) is 5.02 Å². The minimum Gasteiger partial charge on any atom is -0.496 e. The molecule has 2 amide bonds. The third kappa shape index (κ3) is 4.25. The molecule has 2 aromatic carbocycles. The molecule has 1 atom stereocenters. The van der Waals surface area contributed by atoms with E-state index in [-0.39, 0.29) is 11.6 Å². The van der Waals surface area contributed by atoms with Gasteiger partial charge in [-0.25, -0.2) is 4.39 Å². The molecule has 1 aliphatic heterocycles. The van der Waals surface area contributed by atoms with Gasteiger partial charge in [-0.2, -0.15) is 0 Å². The monoisotopic (exact) mass is 454 g/mol. The quantitative estimate of drug-likeness (QED) is 0.739. The van der Waals surface area contributed by atoms with Crippen LogP contribution in [0.1, 0.15) is 23.2 Å². The fourth-order valence-electron chi connectivity index (χ4n) is 3.09. The molecule has 0 aliphatic carbocycles. The summed E-state index contributed by atoms with van der Waals surface area (Å²) in [6, 6.07) is 8.43. The summed E-state index contributed by atoms with van der Waals surface area (Å²) in [5, 5.41) is 2.97. The molecule has 8 heteroatoms. The number of carbonyl (C=O) groups excluding carboxylic acids is 2. The first-order chi connectivity index (χ1) is 12.9.